The summed E-state index contributed by atoms with van der Waals surface area (Å²) >= 11 is 9.16. The molecule has 0 aromatic heterocycles. The van der Waals surface area contributed by atoms with E-state index in [4.69, 9.17) is 11.6 Å². The van der Waals surface area contributed by atoms with Gasteiger partial charge in [0.1, 0.15) is 5.75 Å². The quantitative estimate of drug-likeness (QED) is 0.853. The van der Waals surface area contributed by atoms with Crippen molar-refractivity contribution < 1.29 is 9.90 Å². The van der Waals surface area contributed by atoms with Crippen LogP contribution in [0.1, 0.15) is 15.9 Å². The molecule has 0 aliphatic carbocycles. The highest BCUT2D eigenvalue weighted by molar-refractivity contribution is 9.10. The number of phenols is 1. The fourth-order valence-corrected chi connectivity index (χ4v) is 2.32. The molecule has 2 N–H and O–H groups in total. The zero-order valence-electron chi connectivity index (χ0n) is 10.1. The molecule has 98 valence electrons. The summed E-state index contributed by atoms with van der Waals surface area (Å²) in [6, 6.07) is 9.89. The van der Waals surface area contributed by atoms with Crippen LogP contribution in [0.3, 0.4) is 0 Å². The van der Waals surface area contributed by atoms with Crippen molar-refractivity contribution in [3.8, 4) is 5.75 Å². The van der Waals surface area contributed by atoms with Gasteiger partial charge in [-0.25, -0.2) is 0 Å². The molecule has 0 bridgehead atoms. The van der Waals surface area contributed by atoms with Crippen molar-refractivity contribution in [2.24, 2.45) is 0 Å². The van der Waals surface area contributed by atoms with Crippen LogP contribution in [-0.2, 0) is 0 Å². The summed E-state index contributed by atoms with van der Waals surface area (Å²) in [7, 11) is 0. The summed E-state index contributed by atoms with van der Waals surface area (Å²) in [4.78, 5) is 12.0. The van der Waals surface area contributed by atoms with Crippen LogP contribution in [0.15, 0.2) is 40.9 Å². The molecule has 0 saturated heterocycles. The first-order valence-electron chi connectivity index (χ1n) is 5.53. The van der Waals surface area contributed by atoms with Crippen LogP contribution < -0.4 is 5.32 Å². The second kappa shape index (κ2) is 5.63. The van der Waals surface area contributed by atoms with E-state index in [2.05, 4.69) is 21.2 Å². The second-order valence-electron chi connectivity index (χ2n) is 4.08. The van der Waals surface area contributed by atoms with Crippen molar-refractivity contribution in [3.05, 3.63) is 57.0 Å². The number of halogens is 2. The van der Waals surface area contributed by atoms with Gasteiger partial charge in [-0.2, -0.15) is 0 Å². The molecular formula is C14H11BrClNO2. The van der Waals surface area contributed by atoms with Crippen molar-refractivity contribution in [1.82, 2.24) is 0 Å². The minimum atomic E-state index is -0.293. The first-order chi connectivity index (χ1) is 8.97. The van der Waals surface area contributed by atoms with Gasteiger partial charge in [-0.05, 0) is 58.7 Å². The molecular weight excluding hydrogens is 330 g/mol. The number of amides is 1. The number of benzene rings is 2. The van der Waals surface area contributed by atoms with Gasteiger partial charge in [0.05, 0.1) is 5.69 Å². The van der Waals surface area contributed by atoms with Crippen LogP contribution in [-0.4, -0.2) is 11.0 Å². The predicted octanol–water partition coefficient (Wildman–Crippen LogP) is 4.37. The van der Waals surface area contributed by atoms with E-state index in [-0.39, 0.29) is 11.7 Å². The number of carbonyl (C=O) groups is 1. The van der Waals surface area contributed by atoms with E-state index in [0.717, 1.165) is 5.56 Å². The number of carbonyl (C=O) groups excluding carboxylic acids is 1. The first kappa shape index (κ1) is 13.9. The smallest absolute Gasteiger partial charge is 0.255 e. The number of rotatable bonds is 2. The van der Waals surface area contributed by atoms with Gasteiger partial charge in [-0.1, -0.05) is 17.7 Å². The van der Waals surface area contributed by atoms with Gasteiger partial charge in [-0.3, -0.25) is 4.79 Å². The van der Waals surface area contributed by atoms with E-state index < -0.39 is 0 Å². The minimum absolute atomic E-state index is 0.0998. The molecule has 5 heteroatoms. The van der Waals surface area contributed by atoms with E-state index in [1.54, 1.807) is 37.3 Å². The van der Waals surface area contributed by atoms with Crippen LogP contribution in [0.5, 0.6) is 5.75 Å². The zero-order valence-corrected chi connectivity index (χ0v) is 12.4. The van der Waals surface area contributed by atoms with Gasteiger partial charge in [0, 0.05) is 15.1 Å². The maximum Gasteiger partial charge on any atom is 0.255 e. The van der Waals surface area contributed by atoms with Crippen molar-refractivity contribution >= 4 is 39.1 Å². The van der Waals surface area contributed by atoms with Crippen molar-refractivity contribution in [1.29, 1.82) is 0 Å². The van der Waals surface area contributed by atoms with Crippen molar-refractivity contribution in [3.63, 3.8) is 0 Å². The normalized spacial score (nSPS) is 10.3. The Labute approximate surface area is 124 Å². The summed E-state index contributed by atoms with van der Waals surface area (Å²) < 4.78 is 0.699. The van der Waals surface area contributed by atoms with Crippen LogP contribution in [0.4, 0.5) is 5.69 Å². The van der Waals surface area contributed by atoms with E-state index in [0.29, 0.717) is 20.7 Å². The Balaban J connectivity index is 2.23. The molecule has 0 radical (unpaired) electrons. The Hall–Kier alpha value is -1.52. The van der Waals surface area contributed by atoms with Crippen LogP contribution >= 0.6 is 27.5 Å². The lowest BCUT2D eigenvalue weighted by molar-refractivity contribution is 0.102. The Kier molecular flexibility index (Phi) is 4.12. The van der Waals surface area contributed by atoms with Gasteiger partial charge in [0.2, 0.25) is 0 Å². The summed E-state index contributed by atoms with van der Waals surface area (Å²) in [6.07, 6.45) is 0. The fourth-order valence-electron chi connectivity index (χ4n) is 1.54. The molecule has 2 aromatic rings. The number of phenolic OH excluding ortho intramolecular Hbond substituents is 1. The average molecular weight is 341 g/mol. The summed E-state index contributed by atoms with van der Waals surface area (Å²) in [5.74, 6) is -0.193. The lowest BCUT2D eigenvalue weighted by atomic mass is 10.1. The Morgan fingerprint density at radius 3 is 2.63 bits per heavy atom. The van der Waals surface area contributed by atoms with Crippen LogP contribution in [0.25, 0.3) is 0 Å². The Bertz CT molecular complexity index is 643. The highest BCUT2D eigenvalue weighted by Gasteiger charge is 2.10. The predicted molar refractivity (Wildman–Crippen MR) is 79.9 cm³/mol. The van der Waals surface area contributed by atoms with E-state index in [1.807, 2.05) is 0 Å². The van der Waals surface area contributed by atoms with Crippen LogP contribution in [0, 0.1) is 6.92 Å². The summed E-state index contributed by atoms with van der Waals surface area (Å²) in [5.41, 5.74) is 1.74. The van der Waals surface area contributed by atoms with Gasteiger partial charge in [0.25, 0.3) is 5.91 Å². The average Bonchev–Trinajstić information content (AvgIpc) is 2.36. The molecule has 0 heterocycles. The number of hydrogen-bond acceptors (Lipinski definition) is 2. The summed E-state index contributed by atoms with van der Waals surface area (Å²) in [5, 5.41) is 12.9. The zero-order chi connectivity index (χ0) is 14.0. The molecule has 0 unspecified atom stereocenters. The maximum atomic E-state index is 12.0. The summed E-state index contributed by atoms with van der Waals surface area (Å²) in [6.45, 7) is 1.77. The third-order valence-electron chi connectivity index (χ3n) is 2.65. The molecule has 3 nitrogen and oxygen atoms in total. The number of aromatic hydroxyl groups is 1. The molecule has 0 aliphatic heterocycles. The van der Waals surface area contributed by atoms with Gasteiger partial charge in [-0.15, -0.1) is 0 Å². The fraction of sp³-hybridized carbons (Fsp3) is 0.0714. The molecule has 2 rings (SSSR count). The van der Waals surface area contributed by atoms with E-state index in [9.17, 15) is 9.90 Å². The molecule has 0 saturated carbocycles. The lowest BCUT2D eigenvalue weighted by Gasteiger charge is -2.08. The Morgan fingerprint density at radius 1 is 1.26 bits per heavy atom. The lowest BCUT2D eigenvalue weighted by Crippen LogP contribution is -2.12. The Morgan fingerprint density at radius 2 is 2.00 bits per heavy atom. The minimum Gasteiger partial charge on any atom is -0.508 e. The SMILES string of the molecule is Cc1ccc(C(=O)Nc2ccc(Cl)cc2Br)cc1O. The van der Waals surface area contributed by atoms with Gasteiger partial charge in [0.15, 0.2) is 0 Å². The number of nitrogens with one attached hydrogen (secondary N) is 1. The third kappa shape index (κ3) is 3.28. The molecule has 2 aromatic carbocycles. The largest absolute Gasteiger partial charge is 0.508 e. The molecule has 0 spiro atoms. The second-order valence-corrected chi connectivity index (χ2v) is 5.37. The maximum absolute atomic E-state index is 12.0. The monoisotopic (exact) mass is 339 g/mol. The van der Waals surface area contributed by atoms with Crippen LogP contribution in [0.2, 0.25) is 5.02 Å². The van der Waals surface area contributed by atoms with Crippen molar-refractivity contribution in [2.45, 2.75) is 6.92 Å². The topological polar surface area (TPSA) is 49.3 Å². The molecule has 1 amide bonds. The van der Waals surface area contributed by atoms with E-state index >= 15 is 0 Å². The highest BCUT2D eigenvalue weighted by atomic mass is 79.9. The third-order valence-corrected chi connectivity index (χ3v) is 3.54. The van der Waals surface area contributed by atoms with Gasteiger partial charge < -0.3 is 10.4 Å². The van der Waals surface area contributed by atoms with Crippen molar-refractivity contribution in [2.75, 3.05) is 5.32 Å². The molecule has 0 fully saturated rings. The molecule has 0 aliphatic rings. The standard InChI is InChI=1S/C14H11BrClNO2/c1-8-2-3-9(6-13(8)18)14(19)17-12-5-4-10(16)7-11(12)15/h2-7,18H,1H3,(H,17,19). The molecule has 19 heavy (non-hydrogen) atoms. The number of anilines is 1. The number of hydrogen-bond donors (Lipinski definition) is 2. The van der Waals surface area contributed by atoms with E-state index in [1.165, 1.54) is 6.07 Å². The van der Waals surface area contributed by atoms with Gasteiger partial charge >= 0.3 is 0 Å². The highest BCUT2D eigenvalue weighted by Crippen LogP contribution is 2.26. The molecule has 0 atom stereocenters. The first-order valence-corrected chi connectivity index (χ1v) is 6.70. The number of aryl methyl sites for hydroxylation is 1.